The van der Waals surface area contributed by atoms with E-state index in [1.165, 1.54) is 23.4 Å². The van der Waals surface area contributed by atoms with Crippen LogP contribution in [0, 0.1) is 68.7 Å². The van der Waals surface area contributed by atoms with Crippen LogP contribution in [0.2, 0.25) is 0 Å². The number of carboxylic acids is 1. The van der Waals surface area contributed by atoms with E-state index >= 15 is 0 Å². The Kier molecular flexibility index (Phi) is 32.8. The third-order valence-electron chi connectivity index (χ3n) is 10.4. The summed E-state index contributed by atoms with van der Waals surface area (Å²) in [6, 6.07) is 69.4. The second kappa shape index (κ2) is 38.4. The number of aryl methyl sites for hydroxylation is 2. The van der Waals surface area contributed by atoms with Gasteiger partial charge in [-0.15, -0.1) is 35.9 Å². The van der Waals surface area contributed by atoms with Gasteiger partial charge >= 0.3 is 5.97 Å². The van der Waals surface area contributed by atoms with E-state index in [2.05, 4.69) is 94.8 Å². The molecule has 6 aromatic heterocycles. The van der Waals surface area contributed by atoms with Crippen LogP contribution >= 0.6 is 0 Å². The summed E-state index contributed by atoms with van der Waals surface area (Å²) in [4.78, 5) is 20.4. The molecule has 12 rings (SSSR count). The van der Waals surface area contributed by atoms with Crippen molar-refractivity contribution in [2.24, 2.45) is 0 Å². The number of aromatic nitrogens is 11. The molecule has 1 N–H and O–H groups in total. The van der Waals surface area contributed by atoms with Crippen LogP contribution in [0.25, 0.3) is 49.3 Å². The topological polar surface area (TPSA) is 172 Å². The Morgan fingerprint density at radius 3 is 1.51 bits per heavy atom. The third-order valence-corrected chi connectivity index (χ3v) is 10.4. The average molecular weight is 1980 g/mol. The van der Waals surface area contributed by atoms with Gasteiger partial charge in [0.1, 0.15) is 5.69 Å². The van der Waals surface area contributed by atoms with Crippen LogP contribution in [-0.2, 0) is 101 Å². The summed E-state index contributed by atoms with van der Waals surface area (Å²) in [5, 5.41) is 37.6. The van der Waals surface area contributed by atoms with Gasteiger partial charge in [-0.3, -0.25) is 33.1 Å². The number of hydrogen-bond donors (Lipinski definition) is 1. The Balaban J connectivity index is 0.000000339. The van der Waals surface area contributed by atoms with Crippen LogP contribution in [0.4, 0.5) is 11.4 Å². The smallest absolute Gasteiger partial charge is 0.354 e. The number of hydrogen-bond acceptors (Lipinski definition) is 8. The second-order valence-electron chi connectivity index (χ2n) is 16.0. The molecule has 0 spiro atoms. The van der Waals surface area contributed by atoms with Gasteiger partial charge in [-0.05, 0) is 78.4 Å². The summed E-state index contributed by atoms with van der Waals surface area (Å²) in [5.41, 5.74) is 10.7. The molecule has 12 aromatic rings. The molecule has 0 unspecified atom stereocenters. The summed E-state index contributed by atoms with van der Waals surface area (Å²) in [5.74, 6) is -0.990. The Morgan fingerprint density at radius 2 is 1.06 bits per heavy atom. The van der Waals surface area contributed by atoms with Crippen molar-refractivity contribution in [3.8, 4) is 45.6 Å². The Morgan fingerprint density at radius 1 is 0.518 bits per heavy atom. The van der Waals surface area contributed by atoms with Gasteiger partial charge in [0.25, 0.3) is 0 Å². The zero-order chi connectivity index (χ0) is 54.7. The number of pyridine rings is 1. The molecule has 6 heterocycles. The molecule has 5 radical (unpaired) electrons. The van der Waals surface area contributed by atoms with Crippen molar-refractivity contribution >= 4 is 17.3 Å². The van der Waals surface area contributed by atoms with Gasteiger partial charge in [-0.2, -0.15) is 123 Å². The van der Waals surface area contributed by atoms with Gasteiger partial charge in [0.2, 0.25) is 0 Å². The number of benzene rings is 6. The number of aromatic carboxylic acids is 1. The van der Waals surface area contributed by atoms with E-state index in [9.17, 15) is 4.79 Å². The molecule has 425 valence electrons. The molecule has 0 amide bonds. The van der Waals surface area contributed by atoms with E-state index < -0.39 is 5.97 Å². The predicted molar refractivity (Wildman–Crippen MR) is 295 cm³/mol. The van der Waals surface area contributed by atoms with Crippen molar-refractivity contribution < 1.29 is 110 Å². The van der Waals surface area contributed by atoms with Gasteiger partial charge in [0.05, 0.1) is 36.4 Å². The molecule has 83 heavy (non-hydrogen) atoms. The Labute approximate surface area is 548 Å². The molecule has 0 bridgehead atoms. The minimum Gasteiger partial charge on any atom is -0.477 e. The molecular formula is C62H45Ir5N14O2-5. The zero-order valence-electron chi connectivity index (χ0n) is 43.7. The molecule has 0 aliphatic heterocycles. The van der Waals surface area contributed by atoms with Gasteiger partial charge in [0.15, 0.2) is 0 Å². The fourth-order valence-electron chi connectivity index (χ4n) is 6.66. The van der Waals surface area contributed by atoms with E-state index in [4.69, 9.17) is 23.5 Å². The standard InChI is InChI=1S/C15H11N2.C11H8N3.2C10H6N3.C10H9N2.C6H5NO2.5Ir/c1-2-6-13(7-3-1)14-8-4-9-15(12-14)17-11-5-10-16-17;1-9-6-7-14(13-9)11-5-3-4-10(8-11)12-2;11-8-9-2-4-10(5-3-9)13-7-1-6-12-13;1-11-9-4-2-5-10(8-9)13-7-3-6-12-13;1-9-7-11-12(8-9)10-5-3-2-4-6-10;8-6(9)5-3-1-2-4-7-5;;;;;/h1-8,10-12H;3-4,6-8H,1H3;1-4,6-7H;2-4,6-8H;2-5,7-8H,1H3;1-4H,(H,8,9);;;;;/q5*-1;;;;;;. The van der Waals surface area contributed by atoms with E-state index in [1.54, 1.807) is 93.3 Å². The molecule has 0 aliphatic carbocycles. The Hall–Kier alpha value is -8.29. The molecule has 0 saturated carbocycles. The van der Waals surface area contributed by atoms with Crippen LogP contribution in [0.1, 0.15) is 27.3 Å². The monoisotopic (exact) mass is 1980 g/mol. The molecule has 0 atom stereocenters. The van der Waals surface area contributed by atoms with Crippen molar-refractivity contribution in [1.82, 2.24) is 53.9 Å². The van der Waals surface area contributed by atoms with Crippen LogP contribution < -0.4 is 0 Å². The molecule has 16 nitrogen and oxygen atoms in total. The number of rotatable bonds is 7. The maximum absolute atomic E-state index is 10.1. The molecular weight excluding hydrogens is 1930 g/mol. The minimum absolute atomic E-state index is 0. The van der Waals surface area contributed by atoms with Crippen molar-refractivity contribution in [3.63, 3.8) is 0 Å². The SMILES string of the molecule is Cc1cnn(-c2[c-]cccc2)c1.N#Cc1c[c-]c(-n2cccn2)cc1.O=C(O)c1ccccn1.[C-]#[N+]c1cc[c-]c(-n2ccc(C)n2)c1.[C-]#[N+]c1cc[c-]c(-n2cccn2)c1.[Ir].[Ir].[Ir].[Ir].[Ir].[c-]1ccc(-c2ccccc2)cc1-n1cccn1. The molecule has 6 aromatic carbocycles. The van der Waals surface area contributed by atoms with Gasteiger partial charge in [-0.1, -0.05) is 53.3 Å². The first-order valence-electron chi connectivity index (χ1n) is 23.6. The largest absolute Gasteiger partial charge is 0.477 e. The molecule has 0 aliphatic rings. The van der Waals surface area contributed by atoms with Crippen LogP contribution in [0.15, 0.2) is 232 Å². The zero-order valence-corrected chi connectivity index (χ0v) is 55.7. The first-order valence-corrected chi connectivity index (χ1v) is 23.6. The number of carboxylic acid groups (broad SMARTS) is 1. The number of nitrogens with zero attached hydrogens (tertiary/aromatic N) is 14. The van der Waals surface area contributed by atoms with Crippen LogP contribution in [0.3, 0.4) is 0 Å². The molecule has 21 heteroatoms. The van der Waals surface area contributed by atoms with Crippen molar-refractivity contribution in [1.29, 1.82) is 5.26 Å². The van der Waals surface area contributed by atoms with Crippen molar-refractivity contribution in [2.75, 3.05) is 0 Å². The summed E-state index contributed by atoms with van der Waals surface area (Å²) in [7, 11) is 0. The fraction of sp³-hybridized carbons (Fsp3) is 0.0323. The van der Waals surface area contributed by atoms with Gasteiger partial charge in [-0.25, -0.2) is 15.0 Å². The fourth-order valence-corrected chi connectivity index (χ4v) is 6.66. The van der Waals surface area contributed by atoms with E-state index in [1.807, 2.05) is 145 Å². The maximum Gasteiger partial charge on any atom is 0.354 e. The van der Waals surface area contributed by atoms with Gasteiger partial charge < -0.3 is 5.11 Å². The predicted octanol–water partition coefficient (Wildman–Crippen LogP) is 12.4. The first-order chi connectivity index (χ1) is 38.2. The quantitative estimate of drug-likeness (QED) is 0.152. The third kappa shape index (κ3) is 22.9. The number of nitriles is 1. The van der Waals surface area contributed by atoms with E-state index in [0.717, 1.165) is 39.7 Å². The number of para-hydroxylation sites is 1. The summed E-state index contributed by atoms with van der Waals surface area (Å²) in [6.07, 6.45) is 17.8. The maximum atomic E-state index is 10.1. The van der Waals surface area contributed by atoms with Gasteiger partial charge in [0, 0.05) is 162 Å². The van der Waals surface area contributed by atoms with Crippen LogP contribution in [-0.4, -0.2) is 65.0 Å². The first kappa shape index (κ1) is 70.8. The minimum atomic E-state index is -0.990. The summed E-state index contributed by atoms with van der Waals surface area (Å²) < 4.78 is 8.71. The average Bonchev–Trinajstić information content (AvgIpc) is 4.54. The Bertz CT molecular complexity index is 3840. The van der Waals surface area contributed by atoms with Crippen LogP contribution in [0.5, 0.6) is 0 Å². The summed E-state index contributed by atoms with van der Waals surface area (Å²) >= 11 is 0. The van der Waals surface area contributed by atoms with E-state index in [-0.39, 0.29) is 106 Å². The number of carbonyl (C=O) groups is 1. The molecule has 0 fully saturated rings. The molecule has 0 saturated heterocycles. The summed E-state index contributed by atoms with van der Waals surface area (Å²) in [6.45, 7) is 17.7. The van der Waals surface area contributed by atoms with Crippen molar-refractivity contribution in [2.45, 2.75) is 13.8 Å². The second-order valence-corrected chi connectivity index (χ2v) is 16.0. The van der Waals surface area contributed by atoms with Crippen molar-refractivity contribution in [3.05, 3.63) is 308 Å². The normalized spacial score (nSPS) is 9.14. The van der Waals surface area contributed by atoms with E-state index in [0.29, 0.717) is 16.9 Å².